The minimum Gasteiger partial charge on any atom is -0.497 e. The lowest BCUT2D eigenvalue weighted by molar-refractivity contribution is -0.119. The minimum atomic E-state index is -0.573. The molecule has 3 aromatic rings. The number of nitrogens with one attached hydrogen (secondary N) is 1. The van der Waals surface area contributed by atoms with Gasteiger partial charge in [-0.1, -0.05) is 6.07 Å². The molecule has 0 unspecified atom stereocenters. The Morgan fingerprint density at radius 2 is 1.86 bits per heavy atom. The molecule has 0 aliphatic carbocycles. The molecular formula is C19H18N2O5S2. The molecule has 0 aliphatic rings. The van der Waals surface area contributed by atoms with Crippen molar-refractivity contribution < 1.29 is 23.8 Å². The number of esters is 1. The molecule has 0 bridgehead atoms. The van der Waals surface area contributed by atoms with Gasteiger partial charge in [0.2, 0.25) is 0 Å². The summed E-state index contributed by atoms with van der Waals surface area (Å²) in [5, 5.41) is 5.36. The van der Waals surface area contributed by atoms with Crippen LogP contribution in [-0.4, -0.2) is 37.7 Å². The van der Waals surface area contributed by atoms with Crippen molar-refractivity contribution in [2.45, 2.75) is 6.92 Å². The van der Waals surface area contributed by atoms with Crippen LogP contribution in [0.2, 0.25) is 0 Å². The van der Waals surface area contributed by atoms with Gasteiger partial charge in [0.15, 0.2) is 6.61 Å². The highest BCUT2D eigenvalue weighted by molar-refractivity contribution is 7.22. The van der Waals surface area contributed by atoms with Gasteiger partial charge in [-0.2, -0.15) is 0 Å². The first-order valence-electron chi connectivity index (χ1n) is 8.21. The Morgan fingerprint density at radius 3 is 2.46 bits per heavy atom. The number of hydrogen-bond donors (Lipinski definition) is 1. The molecule has 1 aromatic carbocycles. The minimum absolute atomic E-state index is 0.388. The van der Waals surface area contributed by atoms with Crippen LogP contribution in [0.3, 0.4) is 0 Å². The maximum Gasteiger partial charge on any atom is 0.350 e. The molecule has 146 valence electrons. The molecule has 7 nitrogen and oxygen atoms in total. The molecule has 0 radical (unpaired) electrons. The second-order valence-corrected chi connectivity index (χ2v) is 7.58. The highest BCUT2D eigenvalue weighted by Gasteiger charge is 2.19. The number of thiazole rings is 1. The summed E-state index contributed by atoms with van der Waals surface area (Å²) in [6.07, 6.45) is 0. The summed E-state index contributed by atoms with van der Waals surface area (Å²) in [5.74, 6) is 0.0292. The second kappa shape index (κ2) is 8.85. The number of hydrogen-bond acceptors (Lipinski definition) is 8. The van der Waals surface area contributed by atoms with E-state index < -0.39 is 18.5 Å². The Hall–Kier alpha value is -2.91. The summed E-state index contributed by atoms with van der Waals surface area (Å²) in [7, 11) is 3.04. The highest BCUT2D eigenvalue weighted by Crippen LogP contribution is 2.31. The Kier molecular flexibility index (Phi) is 6.27. The number of nitrogens with zero attached hydrogens (tertiary/aromatic N) is 1. The van der Waals surface area contributed by atoms with Gasteiger partial charge in [-0.15, -0.1) is 22.7 Å². The van der Waals surface area contributed by atoms with Crippen molar-refractivity contribution in [1.29, 1.82) is 0 Å². The largest absolute Gasteiger partial charge is 0.497 e. The molecule has 0 saturated heterocycles. The molecule has 0 saturated carbocycles. The van der Waals surface area contributed by atoms with Crippen molar-refractivity contribution in [2.24, 2.45) is 0 Å². The van der Waals surface area contributed by atoms with Crippen LogP contribution in [0.15, 0.2) is 35.7 Å². The maximum atomic E-state index is 12.3. The van der Waals surface area contributed by atoms with Crippen molar-refractivity contribution in [1.82, 2.24) is 4.98 Å². The number of benzene rings is 1. The molecule has 0 atom stereocenters. The van der Waals surface area contributed by atoms with Crippen LogP contribution < -0.4 is 14.8 Å². The second-order valence-electron chi connectivity index (χ2n) is 5.64. The molecule has 2 aromatic heterocycles. The normalized spacial score (nSPS) is 10.4. The summed E-state index contributed by atoms with van der Waals surface area (Å²) >= 11 is 2.80. The van der Waals surface area contributed by atoms with E-state index in [1.807, 2.05) is 17.5 Å². The average Bonchev–Trinajstić information content (AvgIpc) is 3.35. The van der Waals surface area contributed by atoms with E-state index >= 15 is 0 Å². The van der Waals surface area contributed by atoms with E-state index in [2.05, 4.69) is 10.3 Å². The molecule has 3 rings (SSSR count). The number of anilines is 1. The number of methoxy groups -OCH3 is 2. The molecule has 1 amide bonds. The number of carbonyl (C=O) groups excluding carboxylic acids is 2. The summed E-state index contributed by atoms with van der Waals surface area (Å²) in [6.45, 7) is 1.33. The van der Waals surface area contributed by atoms with Gasteiger partial charge in [-0.25, -0.2) is 9.78 Å². The molecule has 0 spiro atoms. The summed E-state index contributed by atoms with van der Waals surface area (Å²) in [5.41, 5.74) is 1.06. The standard InChI is InChI=1S/C19H18N2O5S2/c1-11-17(28-18(20-11)15-5-4-6-27-15)19(23)26-10-16(22)21-12-7-13(24-2)9-14(8-12)25-3/h4-9H,10H2,1-3H3,(H,21,22). The summed E-state index contributed by atoms with van der Waals surface area (Å²) in [4.78, 5) is 30.3. The Bertz CT molecular complexity index is 960. The maximum absolute atomic E-state index is 12.3. The zero-order valence-corrected chi connectivity index (χ0v) is 17.1. The quantitative estimate of drug-likeness (QED) is 0.584. The van der Waals surface area contributed by atoms with Gasteiger partial charge >= 0.3 is 5.97 Å². The molecule has 9 heteroatoms. The number of amides is 1. The lowest BCUT2D eigenvalue weighted by atomic mass is 10.2. The highest BCUT2D eigenvalue weighted by atomic mass is 32.1. The number of aromatic nitrogens is 1. The zero-order valence-electron chi connectivity index (χ0n) is 15.5. The van der Waals surface area contributed by atoms with Crippen LogP contribution in [-0.2, 0) is 9.53 Å². The van der Waals surface area contributed by atoms with Gasteiger partial charge in [0.05, 0.1) is 24.8 Å². The average molecular weight is 418 g/mol. The molecular weight excluding hydrogens is 400 g/mol. The number of rotatable bonds is 7. The third-order valence-corrected chi connectivity index (χ3v) is 5.86. The van der Waals surface area contributed by atoms with E-state index in [0.717, 1.165) is 9.88 Å². The van der Waals surface area contributed by atoms with Crippen molar-refractivity contribution in [3.05, 3.63) is 46.3 Å². The van der Waals surface area contributed by atoms with Gasteiger partial charge in [0, 0.05) is 23.9 Å². The Balaban J connectivity index is 1.61. The smallest absolute Gasteiger partial charge is 0.350 e. The van der Waals surface area contributed by atoms with Crippen LogP contribution in [0, 0.1) is 6.92 Å². The molecule has 2 heterocycles. The van der Waals surface area contributed by atoms with E-state index in [9.17, 15) is 9.59 Å². The topological polar surface area (TPSA) is 86.8 Å². The third-order valence-electron chi connectivity index (χ3n) is 3.68. The van der Waals surface area contributed by atoms with E-state index in [0.29, 0.717) is 27.8 Å². The van der Waals surface area contributed by atoms with Crippen molar-refractivity contribution >= 4 is 40.2 Å². The Labute approximate surface area is 169 Å². The fourth-order valence-corrected chi connectivity index (χ4v) is 4.12. The van der Waals surface area contributed by atoms with Crippen LogP contribution in [0.4, 0.5) is 5.69 Å². The first kappa shape index (κ1) is 19.8. The van der Waals surface area contributed by atoms with Gasteiger partial charge in [-0.3, -0.25) is 4.79 Å². The number of ether oxygens (including phenoxy) is 3. The predicted molar refractivity (Wildman–Crippen MR) is 109 cm³/mol. The summed E-state index contributed by atoms with van der Waals surface area (Å²) in [6, 6.07) is 8.83. The van der Waals surface area contributed by atoms with Crippen LogP contribution in [0.25, 0.3) is 9.88 Å². The fraction of sp³-hybridized carbons (Fsp3) is 0.211. The summed E-state index contributed by atoms with van der Waals surface area (Å²) < 4.78 is 15.5. The van der Waals surface area contributed by atoms with E-state index in [-0.39, 0.29) is 0 Å². The van der Waals surface area contributed by atoms with E-state index in [4.69, 9.17) is 14.2 Å². The van der Waals surface area contributed by atoms with Crippen molar-refractivity contribution in [3.8, 4) is 21.4 Å². The van der Waals surface area contributed by atoms with E-state index in [1.165, 1.54) is 25.6 Å². The first-order chi connectivity index (χ1) is 13.5. The molecule has 28 heavy (non-hydrogen) atoms. The monoisotopic (exact) mass is 418 g/mol. The lowest BCUT2D eigenvalue weighted by Crippen LogP contribution is -2.21. The van der Waals surface area contributed by atoms with Crippen LogP contribution in [0.1, 0.15) is 15.4 Å². The van der Waals surface area contributed by atoms with Crippen molar-refractivity contribution in [2.75, 3.05) is 26.1 Å². The lowest BCUT2D eigenvalue weighted by Gasteiger charge is -2.10. The van der Waals surface area contributed by atoms with E-state index in [1.54, 1.807) is 36.5 Å². The number of thiophene rings is 1. The van der Waals surface area contributed by atoms with Gasteiger partial charge in [0.25, 0.3) is 5.91 Å². The van der Waals surface area contributed by atoms with Gasteiger partial charge in [0.1, 0.15) is 21.4 Å². The fourth-order valence-electron chi connectivity index (χ4n) is 2.36. The van der Waals surface area contributed by atoms with Crippen molar-refractivity contribution in [3.63, 3.8) is 0 Å². The van der Waals surface area contributed by atoms with Gasteiger partial charge < -0.3 is 19.5 Å². The van der Waals surface area contributed by atoms with Crippen LogP contribution >= 0.6 is 22.7 Å². The first-order valence-corrected chi connectivity index (χ1v) is 9.91. The number of aryl methyl sites for hydroxylation is 1. The molecule has 0 fully saturated rings. The third kappa shape index (κ3) is 4.68. The van der Waals surface area contributed by atoms with Gasteiger partial charge in [-0.05, 0) is 18.4 Å². The van der Waals surface area contributed by atoms with Crippen LogP contribution in [0.5, 0.6) is 11.5 Å². The molecule has 1 N–H and O–H groups in total. The predicted octanol–water partition coefficient (Wildman–Crippen LogP) is 3.99. The SMILES string of the molecule is COc1cc(NC(=O)COC(=O)c2sc(-c3cccs3)nc2C)cc(OC)c1. The molecule has 0 aliphatic heterocycles. The number of carbonyl (C=O) groups is 2. The zero-order chi connectivity index (χ0) is 20.1. The Morgan fingerprint density at radius 1 is 1.14 bits per heavy atom.